The van der Waals surface area contributed by atoms with E-state index in [4.69, 9.17) is 9.47 Å². The van der Waals surface area contributed by atoms with Crippen molar-refractivity contribution in [3.05, 3.63) is 12.2 Å². The Morgan fingerprint density at radius 1 is 1.12 bits per heavy atom. The summed E-state index contributed by atoms with van der Waals surface area (Å²) in [5.74, 6) is 0.685. The minimum atomic E-state index is -0.444. The monoisotopic (exact) mass is 364 g/mol. The number of aliphatic hydroxyl groups is 2. The molecule has 0 bridgehead atoms. The molecule has 0 radical (unpaired) electrons. The average molecular weight is 365 g/mol. The fourth-order valence-electron chi connectivity index (χ4n) is 6.94. The highest BCUT2D eigenvalue weighted by molar-refractivity contribution is 5.21. The Morgan fingerprint density at radius 2 is 1.81 bits per heavy atom. The van der Waals surface area contributed by atoms with E-state index in [1.165, 1.54) is 19.3 Å². The molecule has 6 atom stereocenters. The number of fused-ring (bicyclic) bond motifs is 2. The van der Waals surface area contributed by atoms with E-state index in [0.29, 0.717) is 25.0 Å². The van der Waals surface area contributed by atoms with Crippen LogP contribution in [0.2, 0.25) is 0 Å². The maximum Gasteiger partial charge on any atom is 0.177 e. The lowest BCUT2D eigenvalue weighted by Gasteiger charge is -2.69. The van der Waals surface area contributed by atoms with Crippen LogP contribution in [0.5, 0.6) is 0 Å². The summed E-state index contributed by atoms with van der Waals surface area (Å²) in [5, 5.41) is 21.4. The van der Waals surface area contributed by atoms with Gasteiger partial charge in [-0.2, -0.15) is 0 Å². The summed E-state index contributed by atoms with van der Waals surface area (Å²) in [6.07, 6.45) is 12.2. The van der Waals surface area contributed by atoms with Crippen molar-refractivity contribution in [2.75, 3.05) is 13.2 Å². The van der Waals surface area contributed by atoms with E-state index in [1.54, 1.807) is 0 Å². The summed E-state index contributed by atoms with van der Waals surface area (Å²) < 4.78 is 12.4. The zero-order valence-electron chi connectivity index (χ0n) is 16.4. The molecule has 0 aromatic carbocycles. The molecule has 1 heterocycles. The summed E-state index contributed by atoms with van der Waals surface area (Å²) in [7, 11) is 0. The maximum atomic E-state index is 10.8. The van der Waals surface area contributed by atoms with Crippen molar-refractivity contribution < 1.29 is 19.7 Å². The predicted molar refractivity (Wildman–Crippen MR) is 100 cm³/mol. The van der Waals surface area contributed by atoms with Crippen LogP contribution in [-0.2, 0) is 9.47 Å². The van der Waals surface area contributed by atoms with Crippen LogP contribution in [0.4, 0.5) is 0 Å². The summed E-state index contributed by atoms with van der Waals surface area (Å²) in [6.45, 7) is 5.83. The van der Waals surface area contributed by atoms with Gasteiger partial charge in [0.1, 0.15) is 0 Å². The third kappa shape index (κ3) is 2.63. The van der Waals surface area contributed by atoms with Crippen LogP contribution in [0.3, 0.4) is 0 Å². The molecular formula is C22H36O4. The lowest BCUT2D eigenvalue weighted by Crippen LogP contribution is -2.74. The molecule has 0 aromatic rings. The van der Waals surface area contributed by atoms with Crippen molar-refractivity contribution >= 4 is 0 Å². The number of ether oxygens (including phenoxy) is 2. The van der Waals surface area contributed by atoms with E-state index in [9.17, 15) is 10.2 Å². The van der Waals surface area contributed by atoms with Crippen LogP contribution < -0.4 is 0 Å². The first-order valence-corrected chi connectivity index (χ1v) is 10.9. The fourth-order valence-corrected chi connectivity index (χ4v) is 6.94. The lowest BCUT2D eigenvalue weighted by atomic mass is 9.40. The number of hydrogen-bond acceptors (Lipinski definition) is 4. The van der Waals surface area contributed by atoms with Crippen molar-refractivity contribution in [2.45, 2.75) is 83.2 Å². The van der Waals surface area contributed by atoms with Crippen LogP contribution in [0, 0.1) is 29.1 Å². The van der Waals surface area contributed by atoms with Gasteiger partial charge in [0.25, 0.3) is 0 Å². The first-order valence-electron chi connectivity index (χ1n) is 10.9. The van der Waals surface area contributed by atoms with Crippen molar-refractivity contribution in [1.82, 2.24) is 0 Å². The molecule has 1 spiro atoms. The fraction of sp³-hybridized carbons (Fsp3) is 0.909. The molecule has 3 aliphatic carbocycles. The number of hydrogen-bond donors (Lipinski definition) is 2. The Bertz CT molecular complexity index is 520. The topological polar surface area (TPSA) is 58.9 Å². The van der Waals surface area contributed by atoms with Gasteiger partial charge in [-0.15, -0.1) is 0 Å². The Hall–Kier alpha value is -0.420. The largest absolute Gasteiger partial charge is 0.393 e. The average Bonchev–Trinajstić information content (AvgIpc) is 3.20. The molecule has 1 aliphatic heterocycles. The van der Waals surface area contributed by atoms with Crippen molar-refractivity contribution in [2.24, 2.45) is 29.1 Å². The number of rotatable bonds is 4. The van der Waals surface area contributed by atoms with Gasteiger partial charge in [-0.05, 0) is 43.9 Å². The molecule has 2 N–H and O–H groups in total. The lowest BCUT2D eigenvalue weighted by molar-refractivity contribution is -0.387. The van der Waals surface area contributed by atoms with Crippen molar-refractivity contribution in [3.8, 4) is 0 Å². The summed E-state index contributed by atoms with van der Waals surface area (Å²) >= 11 is 0. The molecule has 4 nitrogen and oxygen atoms in total. The zero-order valence-corrected chi connectivity index (χ0v) is 16.4. The highest BCUT2D eigenvalue weighted by Crippen LogP contribution is 2.70. The van der Waals surface area contributed by atoms with Gasteiger partial charge < -0.3 is 19.7 Å². The molecule has 3 saturated carbocycles. The first-order chi connectivity index (χ1) is 12.6. The second kappa shape index (κ2) is 7.20. The summed E-state index contributed by atoms with van der Waals surface area (Å²) in [6, 6.07) is 0. The predicted octanol–water partition coefficient (Wildman–Crippen LogP) is 3.66. The molecule has 26 heavy (non-hydrogen) atoms. The minimum Gasteiger partial charge on any atom is -0.393 e. The third-order valence-electron chi connectivity index (χ3n) is 8.23. The van der Waals surface area contributed by atoms with Gasteiger partial charge in [0.15, 0.2) is 5.79 Å². The summed E-state index contributed by atoms with van der Waals surface area (Å²) in [5.41, 5.74) is 0.00689. The zero-order chi connectivity index (χ0) is 18.4. The molecule has 4 aliphatic rings. The van der Waals surface area contributed by atoms with Crippen LogP contribution in [0.1, 0.15) is 65.2 Å². The molecular weight excluding hydrogens is 328 g/mol. The number of aliphatic hydroxyl groups excluding tert-OH is 2. The highest BCUT2D eigenvalue weighted by Gasteiger charge is 2.75. The molecule has 0 aromatic heterocycles. The van der Waals surface area contributed by atoms with Crippen molar-refractivity contribution in [1.29, 1.82) is 0 Å². The van der Waals surface area contributed by atoms with Crippen LogP contribution >= 0.6 is 0 Å². The van der Waals surface area contributed by atoms with E-state index < -0.39 is 5.79 Å². The normalized spacial score (nSPS) is 44.2. The van der Waals surface area contributed by atoms with E-state index in [0.717, 1.165) is 32.1 Å². The summed E-state index contributed by atoms with van der Waals surface area (Å²) in [4.78, 5) is 0. The van der Waals surface area contributed by atoms with E-state index >= 15 is 0 Å². The van der Waals surface area contributed by atoms with Gasteiger partial charge in [0.05, 0.1) is 25.4 Å². The van der Waals surface area contributed by atoms with E-state index in [1.807, 2.05) is 6.08 Å². The quantitative estimate of drug-likeness (QED) is 0.748. The Morgan fingerprint density at radius 3 is 2.46 bits per heavy atom. The molecule has 1 unspecified atom stereocenters. The van der Waals surface area contributed by atoms with E-state index in [2.05, 4.69) is 19.9 Å². The molecule has 0 amide bonds. The minimum absolute atomic E-state index is 0.00689. The van der Waals surface area contributed by atoms with Gasteiger partial charge in [0, 0.05) is 17.3 Å². The second-order valence-electron chi connectivity index (χ2n) is 9.15. The SMILES string of the molecule is CC[C@@]12CC[C@H](O)[C@@H](/C=C/[C@@H](O)C3CCCCC3)[C@@H]1C(C)C21OCCO1. The Balaban J connectivity index is 1.53. The van der Waals surface area contributed by atoms with Gasteiger partial charge in [-0.1, -0.05) is 45.3 Å². The van der Waals surface area contributed by atoms with Gasteiger partial charge >= 0.3 is 0 Å². The van der Waals surface area contributed by atoms with Crippen molar-refractivity contribution in [3.63, 3.8) is 0 Å². The smallest absolute Gasteiger partial charge is 0.177 e. The van der Waals surface area contributed by atoms with Gasteiger partial charge in [0.2, 0.25) is 0 Å². The Kier molecular flexibility index (Phi) is 5.24. The van der Waals surface area contributed by atoms with E-state index in [-0.39, 0.29) is 29.5 Å². The van der Waals surface area contributed by atoms with Crippen LogP contribution in [0.15, 0.2) is 12.2 Å². The van der Waals surface area contributed by atoms with Gasteiger partial charge in [-0.3, -0.25) is 0 Å². The molecule has 148 valence electrons. The Labute approximate surface area is 158 Å². The highest BCUT2D eigenvalue weighted by atomic mass is 16.7. The van der Waals surface area contributed by atoms with Crippen LogP contribution in [0.25, 0.3) is 0 Å². The molecule has 4 heteroatoms. The maximum absolute atomic E-state index is 10.8. The molecule has 4 rings (SSSR count). The second-order valence-corrected chi connectivity index (χ2v) is 9.15. The first kappa shape index (κ1) is 18.9. The molecule has 1 saturated heterocycles. The van der Waals surface area contributed by atoms with Gasteiger partial charge in [-0.25, -0.2) is 0 Å². The third-order valence-corrected chi connectivity index (χ3v) is 8.23. The molecule has 4 fully saturated rings. The standard InChI is InChI=1S/C22H36O4/c1-3-21-12-11-19(24)17(9-10-18(23)16-7-5-4-6-8-16)20(21)15(2)22(21)25-13-14-26-22/h9-10,15-20,23-24H,3-8,11-14H2,1-2H3/b10-9+/t15?,17-,18-,19+,20+,21-/m1/s1. The van der Waals surface area contributed by atoms with Crippen LogP contribution in [-0.4, -0.2) is 41.4 Å².